The molecule has 1 fully saturated rings. The number of amides is 1. The Morgan fingerprint density at radius 3 is 2.85 bits per heavy atom. The molecule has 1 unspecified atom stereocenters. The van der Waals surface area contributed by atoms with E-state index in [2.05, 4.69) is 17.1 Å². The number of aryl methyl sites for hydroxylation is 1. The molecule has 1 amide bonds. The first-order valence-electron chi connectivity index (χ1n) is 9.82. The number of likely N-dealkylation sites (tertiary alicyclic amines) is 1. The molecule has 1 aromatic carbocycles. The number of unbranched alkanes of at least 4 members (excludes halogenated alkanes) is 1. The number of hydrogen-bond donors (Lipinski definition) is 1. The Morgan fingerprint density at radius 1 is 1.27 bits per heavy atom. The van der Waals surface area contributed by atoms with Gasteiger partial charge in [0.05, 0.1) is 14.2 Å². The maximum Gasteiger partial charge on any atom is 0.220 e. The highest BCUT2D eigenvalue weighted by Crippen LogP contribution is 2.25. The van der Waals surface area contributed by atoms with E-state index >= 15 is 0 Å². The van der Waals surface area contributed by atoms with Crippen LogP contribution in [0.1, 0.15) is 44.6 Å². The average Bonchev–Trinajstić information content (AvgIpc) is 2.65. The number of carbonyl (C=O) groups excluding carboxylic acids is 1. The van der Waals surface area contributed by atoms with E-state index in [4.69, 9.17) is 9.47 Å². The molecule has 146 valence electrons. The molecule has 0 bridgehead atoms. The number of nitrogens with zero attached hydrogens (tertiary/aromatic N) is 1. The van der Waals surface area contributed by atoms with Crippen molar-refractivity contribution in [3.8, 4) is 11.5 Å². The normalized spacial score (nSPS) is 17.7. The molecular formula is C21H34N2O3. The zero-order chi connectivity index (χ0) is 18.8. The molecule has 0 aliphatic carbocycles. The van der Waals surface area contributed by atoms with Gasteiger partial charge in [0.1, 0.15) is 11.5 Å². The molecule has 2 rings (SSSR count). The van der Waals surface area contributed by atoms with Gasteiger partial charge in [0.2, 0.25) is 5.91 Å². The van der Waals surface area contributed by atoms with Gasteiger partial charge in [-0.3, -0.25) is 4.79 Å². The van der Waals surface area contributed by atoms with E-state index < -0.39 is 0 Å². The van der Waals surface area contributed by atoms with Crippen molar-refractivity contribution in [2.75, 3.05) is 40.4 Å². The van der Waals surface area contributed by atoms with Gasteiger partial charge in [0.15, 0.2) is 0 Å². The zero-order valence-electron chi connectivity index (χ0n) is 16.6. The van der Waals surface area contributed by atoms with Crippen molar-refractivity contribution in [2.24, 2.45) is 5.92 Å². The summed E-state index contributed by atoms with van der Waals surface area (Å²) in [5, 5.41) is 3.04. The molecule has 5 heteroatoms. The summed E-state index contributed by atoms with van der Waals surface area (Å²) in [5.41, 5.74) is 1.00. The molecule has 0 saturated carbocycles. The molecule has 1 aliphatic rings. The Hall–Kier alpha value is -1.75. The van der Waals surface area contributed by atoms with Crippen LogP contribution in [0.4, 0.5) is 0 Å². The summed E-state index contributed by atoms with van der Waals surface area (Å²) in [6, 6.07) is 5.69. The number of benzene rings is 1. The molecular weight excluding hydrogens is 328 g/mol. The zero-order valence-corrected chi connectivity index (χ0v) is 16.6. The van der Waals surface area contributed by atoms with Crippen LogP contribution in [0.3, 0.4) is 0 Å². The number of methoxy groups -OCH3 is 2. The van der Waals surface area contributed by atoms with Gasteiger partial charge in [-0.05, 0) is 74.9 Å². The predicted molar refractivity (Wildman–Crippen MR) is 105 cm³/mol. The average molecular weight is 363 g/mol. The van der Waals surface area contributed by atoms with Crippen molar-refractivity contribution in [1.82, 2.24) is 10.2 Å². The largest absolute Gasteiger partial charge is 0.497 e. The van der Waals surface area contributed by atoms with Crippen molar-refractivity contribution >= 4 is 5.91 Å². The maximum absolute atomic E-state index is 12.1. The standard InChI is InChI=1S/C21H34N2O3/c1-17-7-6-14-23(16-17)13-5-4-12-22-21(24)11-8-18-15-19(25-2)9-10-20(18)26-3/h9-10,15,17H,4-8,11-14,16H2,1-3H3,(H,22,24). The predicted octanol–water partition coefficient (Wildman–Crippen LogP) is 3.26. The van der Waals surface area contributed by atoms with E-state index in [0.29, 0.717) is 12.8 Å². The van der Waals surface area contributed by atoms with Crippen molar-refractivity contribution in [1.29, 1.82) is 0 Å². The molecule has 0 spiro atoms. The van der Waals surface area contributed by atoms with Gasteiger partial charge in [0, 0.05) is 19.5 Å². The summed E-state index contributed by atoms with van der Waals surface area (Å²) in [6.07, 6.45) is 6.00. The highest BCUT2D eigenvalue weighted by molar-refractivity contribution is 5.76. The second kappa shape index (κ2) is 11.1. The Bertz CT molecular complexity index is 562. The monoisotopic (exact) mass is 362 g/mol. The molecule has 0 radical (unpaired) electrons. The second-order valence-electron chi connectivity index (χ2n) is 7.28. The fraction of sp³-hybridized carbons (Fsp3) is 0.667. The minimum Gasteiger partial charge on any atom is -0.497 e. The van der Waals surface area contributed by atoms with Gasteiger partial charge in [-0.2, -0.15) is 0 Å². The summed E-state index contributed by atoms with van der Waals surface area (Å²) < 4.78 is 10.6. The third kappa shape index (κ3) is 6.87. The quantitative estimate of drug-likeness (QED) is 0.649. The molecule has 1 heterocycles. The molecule has 5 nitrogen and oxygen atoms in total. The number of rotatable bonds is 10. The Balaban J connectivity index is 1.62. The molecule has 0 aromatic heterocycles. The first kappa shape index (κ1) is 20.6. The fourth-order valence-corrected chi connectivity index (χ4v) is 3.59. The number of hydrogen-bond acceptors (Lipinski definition) is 4. The molecule has 26 heavy (non-hydrogen) atoms. The molecule has 1 aliphatic heterocycles. The van der Waals surface area contributed by atoms with Crippen molar-refractivity contribution < 1.29 is 14.3 Å². The molecule has 1 atom stereocenters. The van der Waals surface area contributed by atoms with Crippen LogP contribution in [-0.4, -0.2) is 51.2 Å². The third-order valence-electron chi connectivity index (χ3n) is 5.07. The van der Waals surface area contributed by atoms with Gasteiger partial charge in [0.25, 0.3) is 0 Å². The van der Waals surface area contributed by atoms with Gasteiger partial charge in [-0.15, -0.1) is 0 Å². The van der Waals surface area contributed by atoms with Crippen molar-refractivity contribution in [2.45, 2.75) is 45.4 Å². The van der Waals surface area contributed by atoms with Gasteiger partial charge in [-0.25, -0.2) is 0 Å². The van der Waals surface area contributed by atoms with Crippen molar-refractivity contribution in [3.05, 3.63) is 23.8 Å². The van der Waals surface area contributed by atoms with E-state index in [-0.39, 0.29) is 5.91 Å². The minimum atomic E-state index is 0.0986. The number of piperidine rings is 1. The lowest BCUT2D eigenvalue weighted by Gasteiger charge is -2.30. The second-order valence-corrected chi connectivity index (χ2v) is 7.28. The number of ether oxygens (including phenoxy) is 2. The summed E-state index contributed by atoms with van der Waals surface area (Å²) in [6.45, 7) is 6.72. The smallest absolute Gasteiger partial charge is 0.220 e. The van der Waals surface area contributed by atoms with Crippen LogP contribution in [-0.2, 0) is 11.2 Å². The van der Waals surface area contributed by atoms with E-state index in [1.807, 2.05) is 18.2 Å². The van der Waals surface area contributed by atoms with Gasteiger partial charge >= 0.3 is 0 Å². The van der Waals surface area contributed by atoms with Crippen LogP contribution in [0.15, 0.2) is 18.2 Å². The van der Waals surface area contributed by atoms with E-state index in [0.717, 1.165) is 48.9 Å². The van der Waals surface area contributed by atoms with Crippen LogP contribution in [0.2, 0.25) is 0 Å². The van der Waals surface area contributed by atoms with E-state index in [9.17, 15) is 4.79 Å². The number of carbonyl (C=O) groups is 1. The lowest BCUT2D eigenvalue weighted by molar-refractivity contribution is -0.121. The SMILES string of the molecule is COc1ccc(OC)c(CCC(=O)NCCCCN2CCCC(C)C2)c1. The van der Waals surface area contributed by atoms with E-state index in [1.165, 1.54) is 25.9 Å². The topological polar surface area (TPSA) is 50.8 Å². The summed E-state index contributed by atoms with van der Waals surface area (Å²) >= 11 is 0. The lowest BCUT2D eigenvalue weighted by atomic mass is 10.0. The summed E-state index contributed by atoms with van der Waals surface area (Å²) in [4.78, 5) is 14.6. The van der Waals surface area contributed by atoms with Crippen LogP contribution in [0.5, 0.6) is 11.5 Å². The number of nitrogens with one attached hydrogen (secondary N) is 1. The summed E-state index contributed by atoms with van der Waals surface area (Å²) in [5.74, 6) is 2.51. The molecule has 1 saturated heterocycles. The summed E-state index contributed by atoms with van der Waals surface area (Å²) in [7, 11) is 3.29. The van der Waals surface area contributed by atoms with Gasteiger partial charge < -0.3 is 19.7 Å². The van der Waals surface area contributed by atoms with Crippen LogP contribution in [0.25, 0.3) is 0 Å². The van der Waals surface area contributed by atoms with Crippen LogP contribution < -0.4 is 14.8 Å². The van der Waals surface area contributed by atoms with Crippen LogP contribution >= 0.6 is 0 Å². The highest BCUT2D eigenvalue weighted by Gasteiger charge is 2.15. The maximum atomic E-state index is 12.1. The Labute approximate surface area is 158 Å². The lowest BCUT2D eigenvalue weighted by Crippen LogP contribution is -2.35. The van der Waals surface area contributed by atoms with Crippen LogP contribution in [0, 0.1) is 5.92 Å². The molecule has 1 aromatic rings. The fourth-order valence-electron chi connectivity index (χ4n) is 3.59. The van der Waals surface area contributed by atoms with Gasteiger partial charge in [-0.1, -0.05) is 6.92 Å². The van der Waals surface area contributed by atoms with Crippen molar-refractivity contribution in [3.63, 3.8) is 0 Å². The third-order valence-corrected chi connectivity index (χ3v) is 5.07. The van der Waals surface area contributed by atoms with E-state index in [1.54, 1.807) is 14.2 Å². The molecule has 1 N–H and O–H groups in total. The minimum absolute atomic E-state index is 0.0986. The first-order chi connectivity index (χ1) is 12.6. The Morgan fingerprint density at radius 2 is 2.12 bits per heavy atom. The first-order valence-corrected chi connectivity index (χ1v) is 9.82. The Kier molecular flexibility index (Phi) is 8.75. The highest BCUT2D eigenvalue weighted by atomic mass is 16.5.